The maximum Gasteiger partial charge on any atom is 0.249 e. The van der Waals surface area contributed by atoms with Crippen molar-refractivity contribution >= 4 is 17.5 Å². The molecule has 1 heterocycles. The van der Waals surface area contributed by atoms with Gasteiger partial charge in [0, 0.05) is 7.05 Å². The van der Waals surface area contributed by atoms with Crippen LogP contribution in [0.5, 0.6) is 0 Å². The van der Waals surface area contributed by atoms with Gasteiger partial charge in [-0.25, -0.2) is 10.5 Å². The van der Waals surface area contributed by atoms with Crippen LogP contribution in [0.4, 0.5) is 0 Å². The summed E-state index contributed by atoms with van der Waals surface area (Å²) in [5.41, 5.74) is 2.71. The average Bonchev–Trinajstić information content (AvgIpc) is 2.31. The Hall–Kier alpha value is -1.43. The zero-order chi connectivity index (χ0) is 9.84. The van der Waals surface area contributed by atoms with Gasteiger partial charge in [0.05, 0.1) is 25.7 Å². The second-order valence-electron chi connectivity index (χ2n) is 2.67. The summed E-state index contributed by atoms with van der Waals surface area (Å²) in [5.74, 6) is -0.399. The first-order valence-corrected chi connectivity index (χ1v) is 3.78. The van der Waals surface area contributed by atoms with Crippen molar-refractivity contribution in [2.24, 2.45) is 5.10 Å². The Balaban J connectivity index is 2.43. The molecule has 0 spiro atoms. The number of nitrogens with zero attached hydrogens (tertiary/aromatic N) is 2. The molecular weight excluding hydrogens is 174 g/mol. The molecule has 0 fully saturated rings. The molecule has 13 heavy (non-hydrogen) atoms. The van der Waals surface area contributed by atoms with Gasteiger partial charge in [0.15, 0.2) is 0 Å². The molecule has 0 bridgehead atoms. The van der Waals surface area contributed by atoms with Crippen molar-refractivity contribution in [1.29, 1.82) is 0 Å². The van der Waals surface area contributed by atoms with Crippen LogP contribution in [0.2, 0.25) is 0 Å². The second-order valence-corrected chi connectivity index (χ2v) is 2.67. The summed E-state index contributed by atoms with van der Waals surface area (Å²) < 4.78 is 0. The van der Waals surface area contributed by atoms with Crippen LogP contribution in [0.1, 0.15) is 12.8 Å². The minimum atomic E-state index is -0.302. The fourth-order valence-electron chi connectivity index (χ4n) is 1.03. The number of nitrogens with one attached hydrogen (secondary N) is 1. The fourth-order valence-corrected chi connectivity index (χ4v) is 1.03. The molecule has 72 valence electrons. The van der Waals surface area contributed by atoms with Gasteiger partial charge in [-0.2, -0.15) is 5.10 Å². The Bertz CT molecular complexity index is 262. The summed E-state index contributed by atoms with van der Waals surface area (Å²) in [5, 5.41) is 5.11. The van der Waals surface area contributed by atoms with E-state index in [2.05, 4.69) is 15.4 Å². The van der Waals surface area contributed by atoms with E-state index in [9.17, 15) is 9.59 Å². The summed E-state index contributed by atoms with van der Waals surface area (Å²) in [6.45, 7) is 0. The van der Waals surface area contributed by atoms with Gasteiger partial charge in [0.25, 0.3) is 0 Å². The van der Waals surface area contributed by atoms with Crippen molar-refractivity contribution in [3.8, 4) is 0 Å². The van der Waals surface area contributed by atoms with Crippen LogP contribution in [0.25, 0.3) is 0 Å². The van der Waals surface area contributed by atoms with E-state index in [4.69, 9.17) is 0 Å². The van der Waals surface area contributed by atoms with E-state index in [0.29, 0.717) is 5.71 Å². The van der Waals surface area contributed by atoms with Crippen molar-refractivity contribution < 1.29 is 14.4 Å². The highest BCUT2D eigenvalue weighted by Gasteiger charge is 2.21. The lowest BCUT2D eigenvalue weighted by molar-refractivity contribution is -0.130. The Morgan fingerprint density at radius 2 is 2.46 bits per heavy atom. The number of amides is 2. The third-order valence-corrected chi connectivity index (χ3v) is 1.59. The summed E-state index contributed by atoms with van der Waals surface area (Å²) in [4.78, 5) is 26.4. The van der Waals surface area contributed by atoms with Gasteiger partial charge in [-0.1, -0.05) is 0 Å². The third-order valence-electron chi connectivity index (χ3n) is 1.59. The number of carbonyl (C=O) groups excluding carboxylic acids is 2. The number of hydrogen-bond donors (Lipinski definition) is 1. The van der Waals surface area contributed by atoms with E-state index in [0.717, 1.165) is 0 Å². The first-order chi connectivity index (χ1) is 6.13. The molecule has 0 aromatic carbocycles. The maximum absolute atomic E-state index is 11.0. The monoisotopic (exact) mass is 185 g/mol. The minimum Gasteiger partial charge on any atom is -0.277 e. The van der Waals surface area contributed by atoms with Crippen molar-refractivity contribution in [2.45, 2.75) is 12.8 Å². The molecule has 1 rings (SSSR count). The van der Waals surface area contributed by atoms with Crippen LogP contribution in [0.3, 0.4) is 0 Å². The molecule has 1 aliphatic heterocycles. The van der Waals surface area contributed by atoms with E-state index >= 15 is 0 Å². The molecule has 0 aliphatic carbocycles. The van der Waals surface area contributed by atoms with Gasteiger partial charge < -0.3 is 0 Å². The van der Waals surface area contributed by atoms with E-state index in [1.165, 1.54) is 12.1 Å². The van der Waals surface area contributed by atoms with Crippen molar-refractivity contribution in [1.82, 2.24) is 10.5 Å². The molecule has 0 aromatic rings. The first-order valence-electron chi connectivity index (χ1n) is 3.78. The summed E-state index contributed by atoms with van der Waals surface area (Å²) in [6, 6.07) is 0. The number of hydrazone groups is 1. The van der Waals surface area contributed by atoms with E-state index in [-0.39, 0.29) is 24.7 Å². The van der Waals surface area contributed by atoms with E-state index < -0.39 is 0 Å². The summed E-state index contributed by atoms with van der Waals surface area (Å²) in [6.07, 6.45) is 0.317. The van der Waals surface area contributed by atoms with Gasteiger partial charge in [-0.3, -0.25) is 14.4 Å². The van der Waals surface area contributed by atoms with Crippen LogP contribution < -0.4 is 5.48 Å². The highest BCUT2D eigenvalue weighted by molar-refractivity contribution is 6.11. The SMILES string of the molecule is CONC(=O)CC1=NN(C)C(=O)C1. The average molecular weight is 185 g/mol. The van der Waals surface area contributed by atoms with Gasteiger partial charge in [0.1, 0.15) is 0 Å². The maximum atomic E-state index is 11.0. The lowest BCUT2D eigenvalue weighted by atomic mass is 10.2. The molecule has 0 radical (unpaired) electrons. The summed E-state index contributed by atoms with van der Waals surface area (Å²) >= 11 is 0. The lowest BCUT2D eigenvalue weighted by Gasteiger charge is -2.00. The highest BCUT2D eigenvalue weighted by Crippen LogP contribution is 2.07. The molecule has 1 aliphatic rings. The van der Waals surface area contributed by atoms with Gasteiger partial charge in [-0.05, 0) is 0 Å². The second kappa shape index (κ2) is 3.99. The molecule has 1 N–H and O–H groups in total. The molecule has 0 aromatic heterocycles. The van der Waals surface area contributed by atoms with Crippen LogP contribution >= 0.6 is 0 Å². The van der Waals surface area contributed by atoms with Gasteiger partial charge in [0.2, 0.25) is 11.8 Å². The first kappa shape index (κ1) is 9.66. The Morgan fingerprint density at radius 1 is 1.77 bits per heavy atom. The molecule has 0 saturated carbocycles. The molecule has 0 atom stereocenters. The van der Waals surface area contributed by atoms with E-state index in [1.54, 1.807) is 7.05 Å². The largest absolute Gasteiger partial charge is 0.277 e. The minimum absolute atomic E-state index is 0.0970. The zero-order valence-corrected chi connectivity index (χ0v) is 7.53. The van der Waals surface area contributed by atoms with E-state index in [1.807, 2.05) is 0 Å². The van der Waals surface area contributed by atoms with Crippen LogP contribution in [-0.2, 0) is 14.4 Å². The quantitative estimate of drug-likeness (QED) is 0.589. The smallest absolute Gasteiger partial charge is 0.249 e. The van der Waals surface area contributed by atoms with Crippen LogP contribution in [0.15, 0.2) is 5.10 Å². The fraction of sp³-hybridized carbons (Fsp3) is 0.571. The number of hydrogen-bond acceptors (Lipinski definition) is 4. The summed E-state index contributed by atoms with van der Waals surface area (Å²) in [7, 11) is 2.91. The molecule has 6 nitrogen and oxygen atoms in total. The topological polar surface area (TPSA) is 71.0 Å². The Kier molecular flexibility index (Phi) is 2.97. The zero-order valence-electron chi connectivity index (χ0n) is 7.53. The number of carbonyl (C=O) groups is 2. The standard InChI is InChI=1S/C7H11N3O3/c1-10-7(12)4-5(8-10)3-6(11)9-13-2/h3-4H2,1-2H3,(H,9,11). The Morgan fingerprint density at radius 3 is 2.92 bits per heavy atom. The van der Waals surface area contributed by atoms with Crippen LogP contribution in [-0.4, -0.2) is 36.7 Å². The Labute approximate surface area is 75.5 Å². The normalized spacial score (nSPS) is 16.0. The predicted molar refractivity (Wildman–Crippen MR) is 44.6 cm³/mol. The molecular formula is C7H11N3O3. The predicted octanol–water partition coefficient (Wildman–Crippen LogP) is -0.728. The number of hydroxylamine groups is 1. The third kappa shape index (κ3) is 2.51. The molecule has 6 heteroatoms. The molecule has 2 amide bonds. The highest BCUT2D eigenvalue weighted by atomic mass is 16.6. The van der Waals surface area contributed by atoms with Crippen molar-refractivity contribution in [3.05, 3.63) is 0 Å². The van der Waals surface area contributed by atoms with Crippen molar-refractivity contribution in [2.75, 3.05) is 14.2 Å². The molecule has 0 unspecified atom stereocenters. The van der Waals surface area contributed by atoms with Gasteiger partial charge in [-0.15, -0.1) is 0 Å². The number of rotatable bonds is 3. The lowest BCUT2D eigenvalue weighted by Crippen LogP contribution is -2.24. The van der Waals surface area contributed by atoms with Crippen molar-refractivity contribution in [3.63, 3.8) is 0 Å². The van der Waals surface area contributed by atoms with Gasteiger partial charge >= 0.3 is 0 Å². The van der Waals surface area contributed by atoms with Crippen LogP contribution in [0, 0.1) is 0 Å². The molecule has 0 saturated heterocycles.